The molecule has 2 saturated heterocycles. The molecule has 7 heteroatoms. The van der Waals surface area contributed by atoms with Gasteiger partial charge < -0.3 is 15.1 Å². The number of carbonyl (C=O) groups is 1. The van der Waals surface area contributed by atoms with Crippen LogP contribution >= 0.6 is 11.3 Å². The number of nitrogens with one attached hydrogen (secondary N) is 1. The lowest BCUT2D eigenvalue weighted by atomic mass is 9.95. The summed E-state index contributed by atoms with van der Waals surface area (Å²) >= 11 is 1.74. The molecular weight excluding hydrogens is 406 g/mol. The van der Waals surface area contributed by atoms with E-state index in [2.05, 4.69) is 45.9 Å². The van der Waals surface area contributed by atoms with Crippen molar-refractivity contribution in [3.63, 3.8) is 0 Å². The van der Waals surface area contributed by atoms with Crippen LogP contribution in [-0.4, -0.2) is 60.0 Å². The van der Waals surface area contributed by atoms with Crippen molar-refractivity contribution >= 4 is 33.3 Å². The molecule has 4 rings (SSSR count). The minimum atomic E-state index is 0.127. The van der Waals surface area contributed by atoms with Crippen molar-refractivity contribution < 1.29 is 4.79 Å². The molecule has 2 fully saturated rings. The lowest BCUT2D eigenvalue weighted by molar-refractivity contribution is -0.125. The van der Waals surface area contributed by atoms with Gasteiger partial charge in [-0.2, -0.15) is 0 Å². The third kappa shape index (κ3) is 5.37. The summed E-state index contributed by atoms with van der Waals surface area (Å²) in [7, 11) is 0. The van der Waals surface area contributed by atoms with E-state index in [9.17, 15) is 4.79 Å². The van der Waals surface area contributed by atoms with E-state index in [1.807, 2.05) is 0 Å². The Morgan fingerprint density at radius 2 is 1.97 bits per heavy atom. The van der Waals surface area contributed by atoms with E-state index in [4.69, 9.17) is 0 Å². The molecule has 0 aromatic carbocycles. The van der Waals surface area contributed by atoms with Gasteiger partial charge in [0.1, 0.15) is 17.0 Å². The van der Waals surface area contributed by atoms with Gasteiger partial charge in [0.15, 0.2) is 0 Å². The molecule has 0 saturated carbocycles. The van der Waals surface area contributed by atoms with Gasteiger partial charge in [-0.1, -0.05) is 6.92 Å². The van der Waals surface area contributed by atoms with Crippen molar-refractivity contribution in [2.45, 2.75) is 59.3 Å². The summed E-state index contributed by atoms with van der Waals surface area (Å²) in [5.41, 5.74) is 1.29. The van der Waals surface area contributed by atoms with Gasteiger partial charge in [-0.05, 0) is 76.9 Å². The predicted molar refractivity (Wildman–Crippen MR) is 129 cm³/mol. The summed E-state index contributed by atoms with van der Waals surface area (Å²) in [5.74, 6) is 2.24. The Hall–Kier alpha value is -1.73. The Morgan fingerprint density at radius 3 is 2.74 bits per heavy atom. The molecule has 2 aliphatic heterocycles. The van der Waals surface area contributed by atoms with Crippen LogP contribution in [0.5, 0.6) is 0 Å². The number of carbonyl (C=O) groups excluding carboxylic acids is 1. The zero-order valence-corrected chi connectivity index (χ0v) is 20.1. The zero-order chi connectivity index (χ0) is 21.8. The van der Waals surface area contributed by atoms with E-state index in [0.29, 0.717) is 0 Å². The summed E-state index contributed by atoms with van der Waals surface area (Å²) in [6, 6.07) is 0. The smallest absolute Gasteiger partial charge is 0.223 e. The number of fused-ring (bicyclic) bond motifs is 1. The minimum absolute atomic E-state index is 0.127. The molecule has 1 unspecified atom stereocenters. The number of hydrogen-bond donors (Lipinski definition) is 1. The van der Waals surface area contributed by atoms with Gasteiger partial charge in [-0.3, -0.25) is 4.79 Å². The number of amides is 1. The fourth-order valence-electron chi connectivity index (χ4n) is 5.06. The first kappa shape index (κ1) is 22.5. The quantitative estimate of drug-likeness (QED) is 0.651. The van der Waals surface area contributed by atoms with Crippen LogP contribution < -0.4 is 10.2 Å². The molecule has 0 aliphatic carbocycles. The highest BCUT2D eigenvalue weighted by molar-refractivity contribution is 7.18. The van der Waals surface area contributed by atoms with Gasteiger partial charge >= 0.3 is 0 Å². The Morgan fingerprint density at radius 1 is 1.16 bits per heavy atom. The maximum atomic E-state index is 12.7. The molecule has 0 radical (unpaired) electrons. The standard InChI is InChI=1S/C24H37N5OS/c1-17-7-6-12-28(15-17)11-5-4-10-25-23(30)20-8-13-29(14-9-20)22-21-18(2)19(3)31-24(21)27-16-26-22/h16-17,20H,4-15H2,1-3H3,(H,25,30). The largest absolute Gasteiger partial charge is 0.356 e. The number of nitrogens with zero attached hydrogens (tertiary/aromatic N) is 4. The number of aromatic nitrogens is 2. The second kappa shape index (κ2) is 10.3. The number of thiophene rings is 1. The van der Waals surface area contributed by atoms with Crippen molar-refractivity contribution in [3.05, 3.63) is 16.8 Å². The van der Waals surface area contributed by atoms with Crippen LogP contribution in [0.15, 0.2) is 6.33 Å². The van der Waals surface area contributed by atoms with Crippen molar-refractivity contribution in [1.29, 1.82) is 0 Å². The number of unbranched alkanes of at least 4 members (excludes halogenated alkanes) is 1. The van der Waals surface area contributed by atoms with Crippen LogP contribution in [0, 0.1) is 25.7 Å². The molecule has 2 aromatic rings. The lowest BCUT2D eigenvalue weighted by Crippen LogP contribution is -2.41. The van der Waals surface area contributed by atoms with Crippen LogP contribution in [-0.2, 0) is 4.79 Å². The molecule has 1 N–H and O–H groups in total. The van der Waals surface area contributed by atoms with Gasteiger partial charge in [0.2, 0.25) is 5.91 Å². The highest BCUT2D eigenvalue weighted by atomic mass is 32.1. The minimum Gasteiger partial charge on any atom is -0.356 e. The Labute approximate surface area is 190 Å². The second-order valence-corrected chi connectivity index (χ2v) is 10.7. The number of likely N-dealkylation sites (tertiary alicyclic amines) is 1. The van der Waals surface area contributed by atoms with Crippen molar-refractivity contribution in [3.8, 4) is 0 Å². The molecule has 31 heavy (non-hydrogen) atoms. The normalized spacial score (nSPS) is 21.0. The highest BCUT2D eigenvalue weighted by Gasteiger charge is 2.27. The van der Waals surface area contributed by atoms with Crippen molar-refractivity contribution in [2.24, 2.45) is 11.8 Å². The molecule has 2 aromatic heterocycles. The zero-order valence-electron chi connectivity index (χ0n) is 19.3. The van der Waals surface area contributed by atoms with Crippen LogP contribution in [0.3, 0.4) is 0 Å². The number of piperidine rings is 2. The molecular formula is C24H37N5OS. The fourth-order valence-corrected chi connectivity index (χ4v) is 6.05. The molecule has 1 amide bonds. The monoisotopic (exact) mass is 443 g/mol. The van der Waals surface area contributed by atoms with Crippen LogP contribution in [0.4, 0.5) is 5.82 Å². The van der Waals surface area contributed by atoms with Gasteiger partial charge in [0, 0.05) is 37.0 Å². The van der Waals surface area contributed by atoms with Gasteiger partial charge in [0.05, 0.1) is 5.39 Å². The van der Waals surface area contributed by atoms with Gasteiger partial charge in [-0.15, -0.1) is 11.3 Å². The third-order valence-corrected chi connectivity index (χ3v) is 8.17. The molecule has 1 atom stereocenters. The molecule has 4 heterocycles. The molecule has 0 spiro atoms. The van der Waals surface area contributed by atoms with E-state index < -0.39 is 0 Å². The number of hydrogen-bond acceptors (Lipinski definition) is 6. The van der Waals surface area contributed by atoms with Gasteiger partial charge in [-0.25, -0.2) is 9.97 Å². The lowest BCUT2D eigenvalue weighted by Gasteiger charge is -2.32. The van der Waals surface area contributed by atoms with Crippen LogP contribution in [0.1, 0.15) is 55.9 Å². The molecule has 170 valence electrons. The Balaban J connectivity index is 1.20. The SMILES string of the molecule is Cc1sc2ncnc(N3CCC(C(=O)NCCCCN4CCCC(C)C4)CC3)c2c1C. The van der Waals surface area contributed by atoms with E-state index in [1.54, 1.807) is 17.7 Å². The maximum absolute atomic E-state index is 12.7. The van der Waals surface area contributed by atoms with Crippen molar-refractivity contribution in [1.82, 2.24) is 20.2 Å². The number of rotatable bonds is 7. The number of anilines is 1. The summed E-state index contributed by atoms with van der Waals surface area (Å²) < 4.78 is 0. The Bertz CT molecular complexity index is 889. The summed E-state index contributed by atoms with van der Waals surface area (Å²) in [5, 5.41) is 4.39. The highest BCUT2D eigenvalue weighted by Crippen LogP contribution is 2.35. The van der Waals surface area contributed by atoms with Crippen LogP contribution in [0.25, 0.3) is 10.2 Å². The first-order valence-corrected chi connectivity index (χ1v) is 12.8. The first-order chi connectivity index (χ1) is 15.0. The third-order valence-electron chi connectivity index (χ3n) is 7.05. The molecule has 0 bridgehead atoms. The first-order valence-electron chi connectivity index (χ1n) is 12.0. The predicted octanol–water partition coefficient (Wildman–Crippen LogP) is 4.15. The van der Waals surface area contributed by atoms with E-state index >= 15 is 0 Å². The summed E-state index contributed by atoms with van der Waals surface area (Å²) in [4.78, 5) is 29.0. The van der Waals surface area contributed by atoms with Crippen LogP contribution in [0.2, 0.25) is 0 Å². The topological polar surface area (TPSA) is 61.4 Å². The van der Waals surface area contributed by atoms with E-state index in [0.717, 1.165) is 55.5 Å². The maximum Gasteiger partial charge on any atom is 0.223 e. The molecule has 2 aliphatic rings. The molecule has 6 nitrogen and oxygen atoms in total. The van der Waals surface area contributed by atoms with E-state index in [-0.39, 0.29) is 11.8 Å². The average Bonchev–Trinajstić information content (AvgIpc) is 3.07. The van der Waals surface area contributed by atoms with Crippen molar-refractivity contribution in [2.75, 3.05) is 44.2 Å². The number of aryl methyl sites for hydroxylation is 2. The fraction of sp³-hybridized carbons (Fsp3) is 0.708. The summed E-state index contributed by atoms with van der Waals surface area (Å²) in [6.07, 6.45) is 8.43. The Kier molecular flexibility index (Phi) is 7.43. The van der Waals surface area contributed by atoms with Gasteiger partial charge in [0.25, 0.3) is 0 Å². The van der Waals surface area contributed by atoms with E-state index in [1.165, 1.54) is 54.7 Å². The summed E-state index contributed by atoms with van der Waals surface area (Å²) in [6.45, 7) is 12.9. The second-order valence-electron chi connectivity index (χ2n) is 9.47. The average molecular weight is 444 g/mol.